The molecule has 0 radical (unpaired) electrons. The van der Waals surface area contributed by atoms with Crippen LogP contribution in [0.3, 0.4) is 0 Å². The van der Waals surface area contributed by atoms with Crippen LogP contribution < -0.4 is 0 Å². The van der Waals surface area contributed by atoms with Crippen LogP contribution in [0.25, 0.3) is 0 Å². The van der Waals surface area contributed by atoms with Crippen LogP contribution in [0.15, 0.2) is 54.6 Å². The average Bonchev–Trinajstić information content (AvgIpc) is 3.15. The SMILES string of the molecule is O=C1CC(C(=O)N2CCN(Cc3ccccc3)CC2)CN1CCc1ccc(F)cc1. The van der Waals surface area contributed by atoms with Crippen molar-refractivity contribution < 1.29 is 14.0 Å². The lowest BCUT2D eigenvalue weighted by Gasteiger charge is -2.36. The van der Waals surface area contributed by atoms with E-state index in [1.807, 2.05) is 23.1 Å². The summed E-state index contributed by atoms with van der Waals surface area (Å²) in [6, 6.07) is 16.7. The van der Waals surface area contributed by atoms with E-state index in [4.69, 9.17) is 0 Å². The van der Waals surface area contributed by atoms with E-state index < -0.39 is 0 Å². The Kier molecular flexibility index (Phi) is 6.43. The fraction of sp³-hybridized carbons (Fsp3) is 0.417. The van der Waals surface area contributed by atoms with Crippen molar-refractivity contribution in [1.82, 2.24) is 14.7 Å². The van der Waals surface area contributed by atoms with Crippen molar-refractivity contribution in [2.24, 2.45) is 5.92 Å². The summed E-state index contributed by atoms with van der Waals surface area (Å²) in [6.07, 6.45) is 0.970. The number of carbonyl (C=O) groups excluding carboxylic acids is 2. The molecule has 1 atom stereocenters. The number of benzene rings is 2. The molecule has 6 heteroatoms. The number of carbonyl (C=O) groups is 2. The number of rotatable bonds is 6. The number of nitrogens with zero attached hydrogens (tertiary/aromatic N) is 3. The van der Waals surface area contributed by atoms with Gasteiger partial charge < -0.3 is 9.80 Å². The first-order chi connectivity index (χ1) is 14.6. The predicted molar refractivity (Wildman–Crippen MR) is 113 cm³/mol. The van der Waals surface area contributed by atoms with Crippen LogP contribution in [-0.2, 0) is 22.6 Å². The Morgan fingerprint density at radius 1 is 0.933 bits per heavy atom. The number of piperazine rings is 1. The van der Waals surface area contributed by atoms with Gasteiger partial charge in [0, 0.05) is 52.2 Å². The predicted octanol–water partition coefficient (Wildman–Crippen LogP) is 2.56. The molecule has 2 amide bonds. The Balaban J connectivity index is 1.24. The molecule has 158 valence electrons. The van der Waals surface area contributed by atoms with Crippen LogP contribution in [-0.4, -0.2) is 65.8 Å². The second-order valence-corrected chi connectivity index (χ2v) is 8.20. The van der Waals surface area contributed by atoms with Crippen LogP contribution in [0.4, 0.5) is 4.39 Å². The highest BCUT2D eigenvalue weighted by Gasteiger charge is 2.37. The van der Waals surface area contributed by atoms with E-state index in [9.17, 15) is 14.0 Å². The molecular formula is C24H28FN3O2. The third-order valence-electron chi connectivity index (χ3n) is 6.08. The lowest BCUT2D eigenvalue weighted by Crippen LogP contribution is -2.50. The third kappa shape index (κ3) is 5.05. The molecule has 2 aliphatic rings. The minimum Gasteiger partial charge on any atom is -0.342 e. The summed E-state index contributed by atoms with van der Waals surface area (Å²) in [4.78, 5) is 31.4. The Labute approximate surface area is 177 Å². The molecule has 0 bridgehead atoms. The van der Waals surface area contributed by atoms with Gasteiger partial charge in [-0.2, -0.15) is 0 Å². The van der Waals surface area contributed by atoms with Crippen molar-refractivity contribution in [3.63, 3.8) is 0 Å². The fourth-order valence-corrected chi connectivity index (χ4v) is 4.29. The largest absolute Gasteiger partial charge is 0.342 e. The number of amides is 2. The van der Waals surface area contributed by atoms with Crippen LogP contribution in [0, 0.1) is 11.7 Å². The van der Waals surface area contributed by atoms with E-state index in [0.29, 0.717) is 39.0 Å². The summed E-state index contributed by atoms with van der Waals surface area (Å²) in [5.41, 5.74) is 2.28. The van der Waals surface area contributed by atoms with Gasteiger partial charge >= 0.3 is 0 Å². The van der Waals surface area contributed by atoms with Gasteiger partial charge in [-0.15, -0.1) is 0 Å². The quantitative estimate of drug-likeness (QED) is 0.737. The molecule has 0 aromatic heterocycles. The molecule has 2 fully saturated rings. The van der Waals surface area contributed by atoms with Gasteiger partial charge in [0.05, 0.1) is 5.92 Å². The highest BCUT2D eigenvalue weighted by Crippen LogP contribution is 2.22. The summed E-state index contributed by atoms with van der Waals surface area (Å²) in [5, 5.41) is 0. The van der Waals surface area contributed by atoms with E-state index >= 15 is 0 Å². The zero-order valence-corrected chi connectivity index (χ0v) is 17.2. The number of hydrogen-bond acceptors (Lipinski definition) is 3. The number of likely N-dealkylation sites (tertiary alicyclic amines) is 1. The van der Waals surface area contributed by atoms with Gasteiger partial charge in [-0.1, -0.05) is 42.5 Å². The minimum atomic E-state index is -0.259. The van der Waals surface area contributed by atoms with Crippen molar-refractivity contribution in [3.05, 3.63) is 71.5 Å². The maximum atomic E-state index is 13.0. The van der Waals surface area contributed by atoms with Gasteiger partial charge in [0.1, 0.15) is 5.82 Å². The monoisotopic (exact) mass is 409 g/mol. The van der Waals surface area contributed by atoms with E-state index in [0.717, 1.165) is 25.2 Å². The molecule has 0 N–H and O–H groups in total. The maximum absolute atomic E-state index is 13.0. The molecule has 4 rings (SSSR count). The number of halogens is 1. The van der Waals surface area contributed by atoms with Gasteiger partial charge in [-0.25, -0.2) is 4.39 Å². The summed E-state index contributed by atoms with van der Waals surface area (Å²) in [7, 11) is 0. The summed E-state index contributed by atoms with van der Waals surface area (Å²) in [5.74, 6) is -0.359. The van der Waals surface area contributed by atoms with Crippen LogP contribution in [0.1, 0.15) is 17.5 Å². The normalized spacial score (nSPS) is 20.0. The van der Waals surface area contributed by atoms with Gasteiger partial charge in [-0.3, -0.25) is 14.5 Å². The maximum Gasteiger partial charge on any atom is 0.228 e. The second-order valence-electron chi connectivity index (χ2n) is 8.20. The molecular weight excluding hydrogens is 381 g/mol. The zero-order chi connectivity index (χ0) is 20.9. The van der Waals surface area contributed by atoms with Crippen molar-refractivity contribution in [2.75, 3.05) is 39.3 Å². The molecule has 2 aliphatic heterocycles. The Morgan fingerprint density at radius 3 is 2.33 bits per heavy atom. The molecule has 0 aliphatic carbocycles. The van der Waals surface area contributed by atoms with Crippen molar-refractivity contribution in [1.29, 1.82) is 0 Å². The summed E-state index contributed by atoms with van der Waals surface area (Å²) >= 11 is 0. The standard InChI is InChI=1S/C24H28FN3O2/c25-22-8-6-19(7-9-22)10-11-28-18-21(16-23(28)29)24(30)27-14-12-26(13-15-27)17-20-4-2-1-3-5-20/h1-9,21H,10-18H2. The fourth-order valence-electron chi connectivity index (χ4n) is 4.29. The van der Waals surface area contributed by atoms with Crippen molar-refractivity contribution in [2.45, 2.75) is 19.4 Å². The summed E-state index contributed by atoms with van der Waals surface area (Å²) < 4.78 is 13.0. The summed E-state index contributed by atoms with van der Waals surface area (Å²) in [6.45, 7) is 5.10. The molecule has 0 saturated carbocycles. The first-order valence-electron chi connectivity index (χ1n) is 10.7. The smallest absolute Gasteiger partial charge is 0.228 e. The molecule has 2 aromatic carbocycles. The highest BCUT2D eigenvalue weighted by molar-refractivity contribution is 5.89. The topological polar surface area (TPSA) is 43.9 Å². The van der Waals surface area contributed by atoms with Gasteiger partial charge in [0.15, 0.2) is 0 Å². The van der Waals surface area contributed by atoms with E-state index in [1.165, 1.54) is 17.7 Å². The van der Waals surface area contributed by atoms with E-state index in [1.54, 1.807) is 17.0 Å². The van der Waals surface area contributed by atoms with Gasteiger partial charge in [0.2, 0.25) is 11.8 Å². The zero-order valence-electron chi connectivity index (χ0n) is 17.2. The molecule has 1 unspecified atom stereocenters. The molecule has 0 spiro atoms. The van der Waals surface area contributed by atoms with Gasteiger partial charge in [-0.05, 0) is 29.7 Å². The first-order valence-corrected chi connectivity index (χ1v) is 10.7. The molecule has 2 saturated heterocycles. The Morgan fingerprint density at radius 2 is 1.63 bits per heavy atom. The van der Waals surface area contributed by atoms with Crippen molar-refractivity contribution in [3.8, 4) is 0 Å². The van der Waals surface area contributed by atoms with E-state index in [2.05, 4.69) is 17.0 Å². The highest BCUT2D eigenvalue weighted by atomic mass is 19.1. The lowest BCUT2D eigenvalue weighted by molar-refractivity contribution is -0.137. The van der Waals surface area contributed by atoms with Crippen LogP contribution in [0.5, 0.6) is 0 Å². The average molecular weight is 410 g/mol. The molecule has 2 heterocycles. The minimum absolute atomic E-state index is 0.0400. The molecule has 2 aromatic rings. The van der Waals surface area contributed by atoms with E-state index in [-0.39, 0.29) is 23.5 Å². The van der Waals surface area contributed by atoms with Gasteiger partial charge in [0.25, 0.3) is 0 Å². The first kappa shape index (κ1) is 20.5. The van der Waals surface area contributed by atoms with Crippen LogP contribution in [0.2, 0.25) is 0 Å². The third-order valence-corrected chi connectivity index (χ3v) is 6.08. The molecule has 5 nitrogen and oxygen atoms in total. The van der Waals surface area contributed by atoms with Crippen molar-refractivity contribution >= 4 is 11.8 Å². The Bertz CT molecular complexity index is 864. The number of hydrogen-bond donors (Lipinski definition) is 0. The van der Waals surface area contributed by atoms with Crippen LogP contribution >= 0.6 is 0 Å². The molecule has 30 heavy (non-hydrogen) atoms. The Hall–Kier alpha value is -2.73. The lowest BCUT2D eigenvalue weighted by atomic mass is 10.1. The second kappa shape index (κ2) is 9.39.